The van der Waals surface area contributed by atoms with Crippen molar-refractivity contribution in [1.29, 1.82) is 0 Å². The number of ether oxygens (including phenoxy) is 2. The van der Waals surface area contributed by atoms with E-state index in [1.165, 1.54) is 14.2 Å². The third-order valence-corrected chi connectivity index (χ3v) is 3.60. The Kier molecular flexibility index (Phi) is 8.82. The smallest absolute Gasteiger partial charge is 0.333 e. The molecule has 1 rings (SSSR count). The van der Waals surface area contributed by atoms with E-state index in [2.05, 4.69) is 5.32 Å². The summed E-state index contributed by atoms with van der Waals surface area (Å²) in [5, 5.41) is 2.68. The molecule has 0 aliphatic carbocycles. The van der Waals surface area contributed by atoms with Crippen molar-refractivity contribution in [3.63, 3.8) is 0 Å². The van der Waals surface area contributed by atoms with Gasteiger partial charge in [0.1, 0.15) is 0 Å². The van der Waals surface area contributed by atoms with Crippen LogP contribution in [0.2, 0.25) is 0 Å². The van der Waals surface area contributed by atoms with Gasteiger partial charge in [0, 0.05) is 13.2 Å². The van der Waals surface area contributed by atoms with Crippen molar-refractivity contribution < 1.29 is 19.1 Å². The van der Waals surface area contributed by atoms with Crippen LogP contribution < -0.4 is 11.1 Å². The average Bonchev–Trinajstić information content (AvgIpc) is 2.53. The Hall–Kier alpha value is -1.63. The maximum Gasteiger partial charge on any atom is 0.333 e. The zero-order valence-electron chi connectivity index (χ0n) is 13.9. The highest BCUT2D eigenvalue weighted by atomic mass is 35.5. The molecule has 1 aromatic carbocycles. The summed E-state index contributed by atoms with van der Waals surface area (Å²) in [6.45, 7) is 3.29. The molecule has 6 nitrogen and oxygen atoms in total. The van der Waals surface area contributed by atoms with E-state index in [9.17, 15) is 9.59 Å². The van der Waals surface area contributed by atoms with Crippen LogP contribution in [-0.2, 0) is 19.1 Å². The van der Waals surface area contributed by atoms with Crippen LogP contribution in [0.5, 0.6) is 0 Å². The fraction of sp³-hybridized carbons (Fsp3) is 0.500. The van der Waals surface area contributed by atoms with Gasteiger partial charge in [-0.25, -0.2) is 4.79 Å². The molecule has 130 valence electrons. The number of halogens is 1. The van der Waals surface area contributed by atoms with Gasteiger partial charge in [0.15, 0.2) is 5.54 Å². The van der Waals surface area contributed by atoms with Gasteiger partial charge in [-0.3, -0.25) is 4.79 Å². The number of amides is 1. The Bertz CT molecular complexity index is 512. The topological polar surface area (TPSA) is 90.6 Å². The standard InChI is InChI=1S/C16H24N2O4.ClH/c1-11(13(17)12-8-6-5-7-9-12)14(19)18-16(2,10-21-3)15(20)22-4;/h5-9,11,13H,10,17H2,1-4H3,(H,18,19);1H. The summed E-state index contributed by atoms with van der Waals surface area (Å²) < 4.78 is 9.74. The normalized spacial score (nSPS) is 15.5. The van der Waals surface area contributed by atoms with E-state index in [0.717, 1.165) is 5.56 Å². The third-order valence-electron chi connectivity index (χ3n) is 3.60. The van der Waals surface area contributed by atoms with Crippen LogP contribution in [-0.4, -0.2) is 38.2 Å². The molecule has 1 aromatic rings. The summed E-state index contributed by atoms with van der Waals surface area (Å²) in [5.41, 5.74) is 5.75. The van der Waals surface area contributed by atoms with Crippen molar-refractivity contribution in [2.45, 2.75) is 25.4 Å². The lowest BCUT2D eigenvalue weighted by atomic mass is 9.93. The third kappa shape index (κ3) is 5.49. The summed E-state index contributed by atoms with van der Waals surface area (Å²) in [5.74, 6) is -1.41. The summed E-state index contributed by atoms with van der Waals surface area (Å²) in [6.07, 6.45) is 0. The highest BCUT2D eigenvalue weighted by Crippen LogP contribution is 2.20. The molecule has 0 spiro atoms. The number of rotatable bonds is 7. The molecular weight excluding hydrogens is 320 g/mol. The van der Waals surface area contributed by atoms with Crippen molar-refractivity contribution in [2.24, 2.45) is 11.7 Å². The van der Waals surface area contributed by atoms with Crippen LogP contribution in [0.4, 0.5) is 0 Å². The SMILES string of the molecule is COCC(C)(NC(=O)C(C)C(N)c1ccccc1)C(=O)OC.Cl. The number of carbonyl (C=O) groups excluding carboxylic acids is 2. The predicted octanol–water partition coefficient (Wildman–Crippen LogP) is 1.44. The maximum atomic E-state index is 12.4. The summed E-state index contributed by atoms with van der Waals surface area (Å²) >= 11 is 0. The van der Waals surface area contributed by atoms with Crippen molar-refractivity contribution >= 4 is 24.3 Å². The van der Waals surface area contributed by atoms with E-state index < -0.39 is 23.5 Å². The molecule has 0 fully saturated rings. The lowest BCUT2D eigenvalue weighted by molar-refractivity contribution is -0.153. The number of methoxy groups -OCH3 is 2. The van der Waals surface area contributed by atoms with E-state index >= 15 is 0 Å². The van der Waals surface area contributed by atoms with Gasteiger partial charge in [0.25, 0.3) is 0 Å². The second-order valence-electron chi connectivity index (χ2n) is 5.47. The lowest BCUT2D eigenvalue weighted by Gasteiger charge is -2.29. The number of nitrogens with two attached hydrogens (primary N) is 1. The van der Waals surface area contributed by atoms with E-state index in [4.69, 9.17) is 15.2 Å². The average molecular weight is 345 g/mol. The first-order chi connectivity index (χ1) is 10.4. The van der Waals surface area contributed by atoms with E-state index in [0.29, 0.717) is 0 Å². The predicted molar refractivity (Wildman–Crippen MR) is 90.2 cm³/mol. The van der Waals surface area contributed by atoms with Gasteiger partial charge < -0.3 is 20.5 Å². The Morgan fingerprint density at radius 1 is 1.26 bits per heavy atom. The molecule has 3 atom stereocenters. The first-order valence-electron chi connectivity index (χ1n) is 7.05. The van der Waals surface area contributed by atoms with E-state index in [-0.39, 0.29) is 24.9 Å². The molecule has 0 saturated heterocycles. The van der Waals surface area contributed by atoms with Gasteiger partial charge in [-0.05, 0) is 12.5 Å². The monoisotopic (exact) mass is 344 g/mol. The first-order valence-corrected chi connectivity index (χ1v) is 7.05. The second-order valence-corrected chi connectivity index (χ2v) is 5.47. The fourth-order valence-corrected chi connectivity index (χ4v) is 2.17. The molecule has 1 amide bonds. The number of nitrogens with one attached hydrogen (secondary N) is 1. The molecule has 0 bridgehead atoms. The number of hydrogen-bond donors (Lipinski definition) is 2. The summed E-state index contributed by atoms with van der Waals surface area (Å²) in [4.78, 5) is 24.3. The quantitative estimate of drug-likeness (QED) is 0.730. The molecule has 23 heavy (non-hydrogen) atoms. The molecule has 3 N–H and O–H groups in total. The molecule has 0 heterocycles. The highest BCUT2D eigenvalue weighted by molar-refractivity contribution is 5.89. The molecule has 7 heteroatoms. The Morgan fingerprint density at radius 2 is 1.83 bits per heavy atom. The molecule has 3 unspecified atom stereocenters. The Morgan fingerprint density at radius 3 is 2.30 bits per heavy atom. The molecule has 0 aliphatic heterocycles. The van der Waals surface area contributed by atoms with Crippen molar-refractivity contribution in [3.05, 3.63) is 35.9 Å². The molecular formula is C16H25ClN2O4. The van der Waals surface area contributed by atoms with Crippen LogP contribution in [0.1, 0.15) is 25.5 Å². The molecule has 0 aromatic heterocycles. The first kappa shape index (κ1) is 21.4. The van der Waals surface area contributed by atoms with E-state index in [1.807, 2.05) is 30.3 Å². The summed E-state index contributed by atoms with van der Waals surface area (Å²) in [7, 11) is 2.72. The van der Waals surface area contributed by atoms with Gasteiger partial charge in [-0.2, -0.15) is 0 Å². The zero-order valence-corrected chi connectivity index (χ0v) is 14.7. The summed E-state index contributed by atoms with van der Waals surface area (Å²) in [6, 6.07) is 8.87. The zero-order chi connectivity index (χ0) is 16.8. The van der Waals surface area contributed by atoms with Gasteiger partial charge >= 0.3 is 5.97 Å². The number of carbonyl (C=O) groups is 2. The van der Waals surface area contributed by atoms with Crippen LogP contribution in [0.15, 0.2) is 30.3 Å². The largest absolute Gasteiger partial charge is 0.467 e. The van der Waals surface area contributed by atoms with Crippen LogP contribution in [0, 0.1) is 5.92 Å². The van der Waals surface area contributed by atoms with Gasteiger partial charge in [0.05, 0.1) is 19.6 Å². The fourth-order valence-electron chi connectivity index (χ4n) is 2.17. The van der Waals surface area contributed by atoms with Gasteiger partial charge in [-0.15, -0.1) is 12.4 Å². The molecule has 0 aliphatic rings. The maximum absolute atomic E-state index is 12.4. The molecule has 0 saturated carbocycles. The van der Waals surface area contributed by atoms with Gasteiger partial charge in [-0.1, -0.05) is 37.3 Å². The van der Waals surface area contributed by atoms with E-state index in [1.54, 1.807) is 13.8 Å². The van der Waals surface area contributed by atoms with Crippen molar-refractivity contribution in [1.82, 2.24) is 5.32 Å². The number of esters is 1. The minimum absolute atomic E-state index is 0. The Balaban J connectivity index is 0.00000484. The number of benzene rings is 1. The highest BCUT2D eigenvalue weighted by Gasteiger charge is 2.38. The second kappa shape index (κ2) is 9.50. The minimum atomic E-state index is -1.24. The van der Waals surface area contributed by atoms with Crippen molar-refractivity contribution in [2.75, 3.05) is 20.8 Å². The lowest BCUT2D eigenvalue weighted by Crippen LogP contribution is -2.57. The van der Waals surface area contributed by atoms with Crippen LogP contribution >= 0.6 is 12.4 Å². The van der Waals surface area contributed by atoms with Crippen molar-refractivity contribution in [3.8, 4) is 0 Å². The number of hydrogen-bond acceptors (Lipinski definition) is 5. The minimum Gasteiger partial charge on any atom is -0.467 e. The van der Waals surface area contributed by atoms with Crippen LogP contribution in [0.3, 0.4) is 0 Å². The Labute approximate surface area is 143 Å². The molecule has 0 radical (unpaired) electrons. The van der Waals surface area contributed by atoms with Gasteiger partial charge in [0.2, 0.25) is 5.91 Å². The van der Waals surface area contributed by atoms with Crippen LogP contribution in [0.25, 0.3) is 0 Å².